The van der Waals surface area contributed by atoms with Crippen molar-refractivity contribution >= 4 is 22.6 Å². The first kappa shape index (κ1) is 12.0. The van der Waals surface area contributed by atoms with E-state index in [1.165, 1.54) is 11.1 Å². The highest BCUT2D eigenvalue weighted by Crippen LogP contribution is 2.31. The lowest BCUT2D eigenvalue weighted by Gasteiger charge is -2.19. The molecule has 2 aromatic rings. The SMILES string of the molecule is Cc1ccc2c(c1)nc(CCl)n2C1CCOC1C. The molecule has 1 aromatic carbocycles. The van der Waals surface area contributed by atoms with Gasteiger partial charge in [0.05, 0.1) is 29.1 Å². The molecule has 0 saturated carbocycles. The zero-order valence-corrected chi connectivity index (χ0v) is 11.4. The number of fused-ring (bicyclic) bond motifs is 1. The van der Waals surface area contributed by atoms with Crippen LogP contribution in [0.1, 0.15) is 30.8 Å². The van der Waals surface area contributed by atoms with Crippen LogP contribution in [0.3, 0.4) is 0 Å². The van der Waals surface area contributed by atoms with Gasteiger partial charge in [-0.3, -0.25) is 0 Å². The van der Waals surface area contributed by atoms with Gasteiger partial charge in [-0.2, -0.15) is 0 Å². The number of hydrogen-bond donors (Lipinski definition) is 0. The van der Waals surface area contributed by atoms with Gasteiger partial charge in [-0.15, -0.1) is 11.6 Å². The van der Waals surface area contributed by atoms with Gasteiger partial charge in [0.15, 0.2) is 0 Å². The van der Waals surface area contributed by atoms with E-state index in [0.29, 0.717) is 11.9 Å². The van der Waals surface area contributed by atoms with E-state index in [1.807, 2.05) is 0 Å². The Balaban J connectivity index is 2.19. The third kappa shape index (κ3) is 1.82. The van der Waals surface area contributed by atoms with E-state index in [9.17, 15) is 0 Å². The first-order valence-corrected chi connectivity index (χ1v) is 6.89. The molecule has 0 radical (unpaired) electrons. The highest BCUT2D eigenvalue weighted by Gasteiger charge is 2.29. The summed E-state index contributed by atoms with van der Waals surface area (Å²) in [5, 5.41) is 0. The van der Waals surface area contributed by atoms with Crippen LogP contribution in [-0.4, -0.2) is 22.3 Å². The lowest BCUT2D eigenvalue weighted by molar-refractivity contribution is 0.108. The smallest absolute Gasteiger partial charge is 0.125 e. The van der Waals surface area contributed by atoms with Crippen LogP contribution in [0.25, 0.3) is 11.0 Å². The normalized spacial score (nSPS) is 23.9. The number of aryl methyl sites for hydroxylation is 1. The predicted molar refractivity (Wildman–Crippen MR) is 73.1 cm³/mol. The van der Waals surface area contributed by atoms with Crippen molar-refractivity contribution in [2.75, 3.05) is 6.61 Å². The third-order valence-corrected chi connectivity index (χ3v) is 3.94. The summed E-state index contributed by atoms with van der Waals surface area (Å²) in [5.74, 6) is 1.39. The lowest BCUT2D eigenvalue weighted by Crippen LogP contribution is -2.18. The summed E-state index contributed by atoms with van der Waals surface area (Å²) < 4.78 is 7.93. The summed E-state index contributed by atoms with van der Waals surface area (Å²) in [6.45, 7) is 5.02. The second kappa shape index (κ2) is 4.56. The van der Waals surface area contributed by atoms with Crippen LogP contribution in [0.15, 0.2) is 18.2 Å². The Hall–Kier alpha value is -1.06. The molecule has 1 fully saturated rings. The average Bonchev–Trinajstić information content (AvgIpc) is 2.91. The second-order valence-corrected chi connectivity index (χ2v) is 5.22. The molecule has 2 atom stereocenters. The van der Waals surface area contributed by atoms with Crippen molar-refractivity contribution in [1.82, 2.24) is 9.55 Å². The van der Waals surface area contributed by atoms with Crippen LogP contribution in [0.4, 0.5) is 0 Å². The van der Waals surface area contributed by atoms with Crippen molar-refractivity contribution in [2.45, 2.75) is 38.3 Å². The van der Waals surface area contributed by atoms with Crippen molar-refractivity contribution in [3.05, 3.63) is 29.6 Å². The Bertz CT molecular complexity index is 578. The molecular formula is C14H17ClN2O. The number of imidazole rings is 1. The Morgan fingerprint density at radius 1 is 1.50 bits per heavy atom. The fourth-order valence-corrected chi connectivity index (χ4v) is 2.97. The minimum atomic E-state index is 0.227. The van der Waals surface area contributed by atoms with E-state index in [-0.39, 0.29) is 6.10 Å². The summed E-state index contributed by atoms with van der Waals surface area (Å²) in [6.07, 6.45) is 1.26. The standard InChI is InChI=1S/C14H17ClN2O/c1-9-3-4-13-11(7-9)16-14(8-15)17(13)12-5-6-18-10(12)2/h3-4,7,10,12H,5-6,8H2,1-2H3. The van der Waals surface area contributed by atoms with Crippen molar-refractivity contribution < 1.29 is 4.74 Å². The molecule has 0 amide bonds. The molecule has 1 saturated heterocycles. The van der Waals surface area contributed by atoms with E-state index in [1.54, 1.807) is 0 Å². The minimum Gasteiger partial charge on any atom is -0.376 e. The van der Waals surface area contributed by atoms with Gasteiger partial charge in [0.2, 0.25) is 0 Å². The van der Waals surface area contributed by atoms with Gasteiger partial charge in [0.1, 0.15) is 5.82 Å². The van der Waals surface area contributed by atoms with Crippen molar-refractivity contribution in [2.24, 2.45) is 0 Å². The molecule has 1 aromatic heterocycles. The number of alkyl halides is 1. The molecule has 3 nitrogen and oxygen atoms in total. The highest BCUT2D eigenvalue weighted by molar-refractivity contribution is 6.16. The Kier molecular flexibility index (Phi) is 3.04. The first-order valence-electron chi connectivity index (χ1n) is 6.35. The maximum Gasteiger partial charge on any atom is 0.125 e. The molecule has 96 valence electrons. The number of aromatic nitrogens is 2. The second-order valence-electron chi connectivity index (χ2n) is 4.96. The van der Waals surface area contributed by atoms with Crippen LogP contribution in [0.2, 0.25) is 0 Å². The quantitative estimate of drug-likeness (QED) is 0.777. The molecule has 3 rings (SSSR count). The summed E-state index contributed by atoms with van der Waals surface area (Å²) >= 11 is 6.05. The highest BCUT2D eigenvalue weighted by atomic mass is 35.5. The van der Waals surface area contributed by atoms with Crippen molar-refractivity contribution in [1.29, 1.82) is 0 Å². The summed E-state index contributed by atoms with van der Waals surface area (Å²) in [6, 6.07) is 6.73. The molecule has 0 spiro atoms. The predicted octanol–water partition coefficient (Wildman–Crippen LogP) is 3.43. The van der Waals surface area contributed by atoms with Crippen molar-refractivity contribution in [3.8, 4) is 0 Å². The summed E-state index contributed by atoms with van der Waals surface area (Å²) in [5.41, 5.74) is 3.42. The topological polar surface area (TPSA) is 27.1 Å². The lowest BCUT2D eigenvalue weighted by atomic mass is 10.1. The number of ether oxygens (including phenoxy) is 1. The van der Waals surface area contributed by atoms with Crippen LogP contribution < -0.4 is 0 Å². The van der Waals surface area contributed by atoms with E-state index < -0.39 is 0 Å². The van der Waals surface area contributed by atoms with Gasteiger partial charge in [-0.1, -0.05) is 6.07 Å². The van der Waals surface area contributed by atoms with Crippen LogP contribution in [0.5, 0.6) is 0 Å². The zero-order chi connectivity index (χ0) is 12.7. The average molecular weight is 265 g/mol. The number of halogens is 1. The largest absolute Gasteiger partial charge is 0.376 e. The van der Waals surface area contributed by atoms with Crippen LogP contribution in [0, 0.1) is 6.92 Å². The van der Waals surface area contributed by atoms with Gasteiger partial charge in [0, 0.05) is 6.61 Å². The Labute approximate surface area is 112 Å². The third-order valence-electron chi connectivity index (χ3n) is 3.71. The number of rotatable bonds is 2. The molecule has 0 aliphatic carbocycles. The van der Waals surface area contributed by atoms with E-state index >= 15 is 0 Å². The molecule has 1 aliphatic heterocycles. The molecule has 18 heavy (non-hydrogen) atoms. The number of hydrogen-bond acceptors (Lipinski definition) is 2. The first-order chi connectivity index (χ1) is 8.70. The number of nitrogens with zero attached hydrogens (tertiary/aromatic N) is 2. The van der Waals surface area contributed by atoms with Gasteiger partial charge < -0.3 is 9.30 Å². The minimum absolute atomic E-state index is 0.227. The summed E-state index contributed by atoms with van der Waals surface area (Å²) in [7, 11) is 0. The Morgan fingerprint density at radius 3 is 3.00 bits per heavy atom. The van der Waals surface area contributed by atoms with Crippen LogP contribution in [-0.2, 0) is 10.6 Å². The van der Waals surface area contributed by atoms with E-state index in [0.717, 1.165) is 24.4 Å². The van der Waals surface area contributed by atoms with Gasteiger partial charge in [-0.05, 0) is 38.0 Å². The number of benzene rings is 1. The van der Waals surface area contributed by atoms with Crippen LogP contribution >= 0.6 is 11.6 Å². The molecule has 0 N–H and O–H groups in total. The molecule has 1 aliphatic rings. The van der Waals surface area contributed by atoms with Crippen molar-refractivity contribution in [3.63, 3.8) is 0 Å². The molecule has 2 heterocycles. The Morgan fingerprint density at radius 2 is 2.33 bits per heavy atom. The molecule has 2 unspecified atom stereocenters. The monoisotopic (exact) mass is 264 g/mol. The summed E-state index contributed by atoms with van der Waals surface area (Å²) in [4.78, 5) is 4.65. The van der Waals surface area contributed by atoms with Gasteiger partial charge >= 0.3 is 0 Å². The molecular weight excluding hydrogens is 248 g/mol. The zero-order valence-electron chi connectivity index (χ0n) is 10.7. The van der Waals surface area contributed by atoms with E-state index in [4.69, 9.17) is 16.3 Å². The molecule has 0 bridgehead atoms. The molecule has 4 heteroatoms. The maximum atomic E-state index is 6.05. The maximum absolute atomic E-state index is 6.05. The van der Waals surface area contributed by atoms with E-state index in [2.05, 4.69) is 41.6 Å². The fourth-order valence-electron chi connectivity index (χ4n) is 2.78. The van der Waals surface area contributed by atoms with Gasteiger partial charge in [0.25, 0.3) is 0 Å². The fraction of sp³-hybridized carbons (Fsp3) is 0.500. The van der Waals surface area contributed by atoms with Gasteiger partial charge in [-0.25, -0.2) is 4.98 Å².